The van der Waals surface area contributed by atoms with Crippen molar-refractivity contribution in [3.63, 3.8) is 0 Å². The molecule has 135 heavy (non-hydrogen) atoms. The third kappa shape index (κ3) is 27.4. The van der Waals surface area contributed by atoms with E-state index in [0.29, 0.717) is 87.6 Å². The van der Waals surface area contributed by atoms with Gasteiger partial charge in [-0.15, -0.1) is 79.4 Å². The SMILES string of the molecule is CCCc1ccc(-c2ncco2)cc1Nc1nc(-c2sc(NC(C)=O)nc2C)cs1.COc1ccc(S(C)(=O)=O)cc1Nc1nc(-c2sc(N)nc2C)cs1.COc1ccc(S(C)(=O)=O)cc1Nc1nc(-c2sc(NC(C)=O)nc2C)cs1.Cc1nc(C)c(-c2csc(Nc3cc(C(=O)O)ccc3OC(C)C)n2)s1.Cc1nc(C)c(-c2csc(Nc3cc(C(=O)O)ccc3OC(C)C)n2)s1. The van der Waals surface area contributed by atoms with Gasteiger partial charge in [0.1, 0.15) is 29.3 Å². The second-order valence-electron chi connectivity index (χ2n) is 29.9. The molecule has 0 fully saturated rings. The van der Waals surface area contributed by atoms with E-state index in [1.54, 1.807) is 71.5 Å². The lowest BCUT2D eigenvalue weighted by atomic mass is 10.0. The maximum absolute atomic E-state index is 11.8. The van der Waals surface area contributed by atoms with Gasteiger partial charge in [-0.25, -0.2) is 81.2 Å². The molecule has 0 aliphatic heterocycles. The van der Waals surface area contributed by atoms with Crippen LogP contribution in [0.2, 0.25) is 0 Å². The van der Waals surface area contributed by atoms with Crippen molar-refractivity contribution in [2.75, 3.05) is 69.7 Å². The number of oxazole rings is 1. The van der Waals surface area contributed by atoms with Crippen molar-refractivity contribution < 1.29 is 69.6 Å². The summed E-state index contributed by atoms with van der Waals surface area (Å²) in [5, 5.41) is 56.6. The van der Waals surface area contributed by atoms with E-state index in [1.807, 2.05) is 115 Å². The maximum Gasteiger partial charge on any atom is 0.335 e. The second-order valence-corrected chi connectivity index (χ2v) is 43.7. The zero-order valence-electron chi connectivity index (χ0n) is 75.9. The summed E-state index contributed by atoms with van der Waals surface area (Å²) in [5.74, 6) is 0.516. The Morgan fingerprint density at radius 2 is 0.778 bits per heavy atom. The number of aromatic nitrogens is 11. The fraction of sp³-hybridized carbons (Fsp3) is 0.247. The number of anilines is 13. The van der Waals surface area contributed by atoms with Crippen molar-refractivity contribution in [2.45, 2.75) is 132 Å². The lowest BCUT2D eigenvalue weighted by Gasteiger charge is -2.15. The third-order valence-corrected chi connectivity index (χ3v) is 29.8. The van der Waals surface area contributed by atoms with Crippen LogP contribution >= 0.6 is 113 Å². The zero-order valence-corrected chi connectivity index (χ0v) is 85.7. The standard InChI is InChI=1S/C21H21N5O2S2.2C18H19N3O3S2.C17H18N4O4S3.C15H16N4O3S3/c1-4-5-14-6-7-15(19-22-8-9-28-19)10-16(14)25-20-26-17(11-29-20)18-12(2)23-21(30-18)24-13(3)27;2*1-9(2)24-15-6-5-12(17(22)23)7-13(15)20-18-21-14(8-25-18)16-10(3)19-11(4)26-16;1-9-15(27-17(18-9)19-10(2)22)13-8-26-16(21-13)20-12-7-11(28(4,23)24)5-6-14(12)25-3;1-8-13(24-14(16)17-8)11-7-23-15(19-11)18-10-6-9(25(3,20)21)4-5-12(10)22-2/h6-11H,4-5H2,1-3H3,(H,25,26)(H,23,24,27);2*5-9H,1-4H3,(H,20,21)(H,22,23);5-8H,1-4H3,(H,20,21)(H,18,19,22);4-7H,1-3H3,(H2,16,17)(H,18,19). The monoisotopic (exact) mass is 2050 g/mol. The molecule has 0 radical (unpaired) electrons. The molecule has 46 heteroatoms. The lowest BCUT2D eigenvalue weighted by Crippen LogP contribution is -2.08. The third-order valence-electron chi connectivity index (χ3n) is 18.4. The molecular weight excluding hydrogens is 1960 g/mol. The van der Waals surface area contributed by atoms with Gasteiger partial charge in [-0.2, -0.15) is 0 Å². The summed E-state index contributed by atoms with van der Waals surface area (Å²) in [6.45, 7) is 26.3. The molecule has 0 saturated heterocycles. The van der Waals surface area contributed by atoms with E-state index in [-0.39, 0.29) is 44.9 Å². The number of amides is 2. The number of rotatable bonds is 30. The topological polar surface area (TPSA) is 479 Å². The Hall–Kier alpha value is -12.6. The van der Waals surface area contributed by atoms with Crippen molar-refractivity contribution >= 4 is 226 Å². The van der Waals surface area contributed by atoms with Gasteiger partial charge in [0, 0.05) is 64.5 Å². The first-order chi connectivity index (χ1) is 64.1. The van der Waals surface area contributed by atoms with Crippen molar-refractivity contribution in [1.29, 1.82) is 0 Å². The number of sulfone groups is 2. The smallest absolute Gasteiger partial charge is 0.335 e. The van der Waals surface area contributed by atoms with Gasteiger partial charge < -0.3 is 76.5 Å². The molecule has 11 heterocycles. The number of aromatic carboxylic acids is 2. The van der Waals surface area contributed by atoms with Crippen molar-refractivity contribution in [3.8, 4) is 87.3 Å². The molecule has 0 aliphatic rings. The van der Waals surface area contributed by atoms with Gasteiger partial charge in [-0.3, -0.25) is 9.59 Å². The average molecular weight is 2050 g/mol. The highest BCUT2D eigenvalue weighted by Crippen LogP contribution is 2.44. The van der Waals surface area contributed by atoms with E-state index in [9.17, 15) is 46.2 Å². The van der Waals surface area contributed by atoms with Crippen LogP contribution in [0.4, 0.5) is 69.5 Å². The number of thiazole rings is 10. The van der Waals surface area contributed by atoms with E-state index in [4.69, 9.17) is 34.1 Å². The molecule has 16 aromatic rings. The number of nitrogens with zero attached hydrogens (tertiary/aromatic N) is 11. The number of carbonyl (C=O) groups is 4. The number of carbonyl (C=O) groups excluding carboxylic acids is 2. The number of nitrogen functional groups attached to an aromatic ring is 1. The number of nitrogens with one attached hydrogen (secondary N) is 7. The number of carboxylic acid groups (broad SMARTS) is 2. The van der Waals surface area contributed by atoms with Crippen LogP contribution in [-0.2, 0) is 35.7 Å². The van der Waals surface area contributed by atoms with Crippen LogP contribution in [0.25, 0.3) is 64.3 Å². The summed E-state index contributed by atoms with van der Waals surface area (Å²) >= 11 is 14.6. The molecule has 34 nitrogen and oxygen atoms in total. The maximum atomic E-state index is 11.8. The van der Waals surface area contributed by atoms with Crippen LogP contribution in [0.1, 0.15) is 120 Å². The largest absolute Gasteiger partial charge is 0.495 e. The highest BCUT2D eigenvalue weighted by Gasteiger charge is 2.24. The van der Waals surface area contributed by atoms with Gasteiger partial charge in [0.25, 0.3) is 0 Å². The Balaban J connectivity index is 0.000000152. The van der Waals surface area contributed by atoms with Gasteiger partial charge in [-0.05, 0) is 173 Å². The van der Waals surface area contributed by atoms with E-state index in [0.717, 1.165) is 133 Å². The minimum absolute atomic E-state index is 0.0269. The molecular formula is C89H93N19O15S12. The lowest BCUT2D eigenvalue weighted by molar-refractivity contribution is -0.115. The van der Waals surface area contributed by atoms with E-state index >= 15 is 0 Å². The first-order valence-corrected chi connectivity index (χ1v) is 53.0. The number of methoxy groups -OCH3 is 2. The first kappa shape index (κ1) is 101. The predicted molar refractivity (Wildman–Crippen MR) is 545 cm³/mol. The number of ether oxygens (including phenoxy) is 4. The summed E-state index contributed by atoms with van der Waals surface area (Å²) in [6, 6.07) is 24.9. The van der Waals surface area contributed by atoms with Crippen LogP contribution in [-0.4, -0.2) is 145 Å². The Morgan fingerprint density at radius 3 is 1.09 bits per heavy atom. The van der Waals surface area contributed by atoms with Gasteiger partial charge >= 0.3 is 11.9 Å². The van der Waals surface area contributed by atoms with Gasteiger partial charge in [0.2, 0.25) is 17.7 Å². The van der Waals surface area contributed by atoms with Crippen LogP contribution in [0.3, 0.4) is 0 Å². The fourth-order valence-electron chi connectivity index (χ4n) is 12.6. The Kier molecular flexibility index (Phi) is 33.9. The molecule has 0 atom stereocenters. The molecule has 706 valence electrons. The molecule has 5 aromatic carbocycles. The van der Waals surface area contributed by atoms with Crippen molar-refractivity contribution in [1.82, 2.24) is 54.8 Å². The van der Waals surface area contributed by atoms with E-state index in [2.05, 4.69) is 100 Å². The zero-order chi connectivity index (χ0) is 97.4. The summed E-state index contributed by atoms with van der Waals surface area (Å²) in [4.78, 5) is 99.4. The number of benzene rings is 5. The van der Waals surface area contributed by atoms with Crippen molar-refractivity contribution in [2.24, 2.45) is 0 Å². The molecule has 0 saturated carbocycles. The summed E-state index contributed by atoms with van der Waals surface area (Å²) in [5.41, 5.74) is 19.9. The van der Waals surface area contributed by atoms with Crippen LogP contribution < -0.4 is 61.9 Å². The van der Waals surface area contributed by atoms with E-state index in [1.165, 1.54) is 161 Å². The van der Waals surface area contributed by atoms with Gasteiger partial charge in [0.05, 0.1) is 168 Å². The highest BCUT2D eigenvalue weighted by molar-refractivity contribution is 7.91. The van der Waals surface area contributed by atoms with Crippen LogP contribution in [0, 0.1) is 48.5 Å². The summed E-state index contributed by atoms with van der Waals surface area (Å²) < 4.78 is 74.8. The quantitative estimate of drug-likeness (QED) is 0.0200. The van der Waals surface area contributed by atoms with Gasteiger partial charge in [-0.1, -0.05) is 53.4 Å². The number of hydrogen-bond acceptors (Lipinski definition) is 40. The molecule has 2 amide bonds. The number of nitrogens with two attached hydrogens (primary N) is 1. The van der Waals surface area contributed by atoms with Crippen molar-refractivity contribution in [3.05, 3.63) is 186 Å². The van der Waals surface area contributed by atoms with Gasteiger partial charge in [0.15, 0.2) is 60.7 Å². The highest BCUT2D eigenvalue weighted by atomic mass is 32.2. The molecule has 0 unspecified atom stereocenters. The molecule has 0 aliphatic carbocycles. The second kappa shape index (κ2) is 45.2. The molecule has 16 rings (SSSR count). The minimum Gasteiger partial charge on any atom is -0.495 e. The number of carboxylic acids is 2. The molecule has 11 N–H and O–H groups in total. The summed E-state index contributed by atoms with van der Waals surface area (Å²) in [6.07, 6.45) is 7.48. The fourth-order valence-corrected chi connectivity index (χ4v) is 22.3. The molecule has 11 aromatic heterocycles. The minimum atomic E-state index is -3.35. The Bertz CT molecular complexity index is 7010. The van der Waals surface area contributed by atoms with Crippen LogP contribution in [0.15, 0.2) is 145 Å². The first-order valence-electron chi connectivity index (χ1n) is 40.8. The normalized spacial score (nSPS) is 11.1. The predicted octanol–water partition coefficient (Wildman–Crippen LogP) is 23.1. The number of aryl methyl sites for hydroxylation is 8. The van der Waals surface area contributed by atoms with E-state index < -0.39 is 31.6 Å². The average Bonchev–Trinajstić information content (AvgIpc) is 1.79. The Morgan fingerprint density at radius 1 is 0.430 bits per heavy atom. The molecule has 0 bridgehead atoms. The van der Waals surface area contributed by atoms with Crippen LogP contribution in [0.5, 0.6) is 23.0 Å². The molecule has 0 spiro atoms. The number of hydrogen-bond donors (Lipinski definition) is 10. The Labute approximate surface area is 818 Å². The summed E-state index contributed by atoms with van der Waals surface area (Å²) in [7, 11) is -3.63.